The van der Waals surface area contributed by atoms with Crippen molar-refractivity contribution in [2.24, 2.45) is 0 Å². The van der Waals surface area contributed by atoms with Crippen LogP contribution in [0, 0.1) is 0 Å². The molecule has 0 bridgehead atoms. The molecule has 0 aliphatic rings. The van der Waals surface area contributed by atoms with Crippen LogP contribution < -0.4 is 0 Å². The Labute approximate surface area is 169 Å². The van der Waals surface area contributed by atoms with Crippen LogP contribution in [0.15, 0.2) is 97.6 Å². The van der Waals surface area contributed by atoms with Crippen LogP contribution in [0.5, 0.6) is 0 Å². The second-order valence-electron chi connectivity index (χ2n) is 6.89. The van der Waals surface area contributed by atoms with Crippen molar-refractivity contribution in [1.82, 2.24) is 4.57 Å². The van der Waals surface area contributed by atoms with Gasteiger partial charge in [-0.2, -0.15) is 0 Å². The highest BCUT2D eigenvalue weighted by molar-refractivity contribution is 6.30. The zero-order valence-corrected chi connectivity index (χ0v) is 16.0. The molecule has 1 aromatic heterocycles. The van der Waals surface area contributed by atoms with Crippen molar-refractivity contribution in [3.63, 3.8) is 0 Å². The molecule has 0 saturated heterocycles. The van der Waals surface area contributed by atoms with E-state index in [0.717, 1.165) is 16.3 Å². The third-order valence-corrected chi connectivity index (χ3v) is 5.49. The van der Waals surface area contributed by atoms with E-state index in [1.54, 1.807) is 0 Å². The average molecular weight is 380 g/mol. The highest BCUT2D eigenvalue weighted by Gasteiger charge is 2.12. The lowest BCUT2D eigenvalue weighted by Crippen LogP contribution is -1.93. The van der Waals surface area contributed by atoms with Crippen LogP contribution >= 0.6 is 11.6 Å². The molecule has 5 rings (SSSR count). The summed E-state index contributed by atoms with van der Waals surface area (Å²) < 4.78 is 2.32. The number of fused-ring (bicyclic) bond motifs is 3. The number of aromatic nitrogens is 1. The maximum Gasteiger partial charge on any atom is 0.0541 e. The van der Waals surface area contributed by atoms with Crippen LogP contribution in [0.4, 0.5) is 0 Å². The molecular weight excluding hydrogens is 362 g/mol. The summed E-state index contributed by atoms with van der Waals surface area (Å²) in [5, 5.41) is 3.25. The Morgan fingerprint density at radius 1 is 0.679 bits per heavy atom. The molecule has 0 aliphatic heterocycles. The Kier molecular flexibility index (Phi) is 4.03. The predicted molar refractivity (Wildman–Crippen MR) is 121 cm³/mol. The number of halogens is 1. The Morgan fingerprint density at radius 3 is 2.11 bits per heavy atom. The Bertz CT molecular complexity index is 1310. The first-order valence-corrected chi connectivity index (χ1v) is 9.64. The zero-order chi connectivity index (χ0) is 19.1. The number of hydrogen-bond acceptors (Lipinski definition) is 0. The van der Waals surface area contributed by atoms with Crippen molar-refractivity contribution >= 4 is 39.5 Å². The first kappa shape index (κ1) is 16.9. The van der Waals surface area contributed by atoms with Gasteiger partial charge in [0.15, 0.2) is 0 Å². The number of para-hydroxylation sites is 1. The molecule has 2 heteroatoms. The maximum atomic E-state index is 6.06. The third kappa shape index (κ3) is 2.72. The Hall–Kier alpha value is -3.29. The lowest BCUT2D eigenvalue weighted by Gasteiger charge is -2.09. The second-order valence-corrected chi connectivity index (χ2v) is 7.32. The minimum atomic E-state index is 0.754. The van der Waals surface area contributed by atoms with Gasteiger partial charge >= 0.3 is 0 Å². The van der Waals surface area contributed by atoms with Crippen molar-refractivity contribution < 1.29 is 0 Å². The topological polar surface area (TPSA) is 4.93 Å². The van der Waals surface area contributed by atoms with E-state index in [1.165, 1.54) is 32.9 Å². The highest BCUT2D eigenvalue weighted by atomic mass is 35.5. The lowest BCUT2D eigenvalue weighted by molar-refractivity contribution is 1.18. The predicted octanol–water partition coefficient (Wildman–Crippen LogP) is 7.75. The normalized spacial score (nSPS) is 11.2. The molecule has 0 atom stereocenters. The monoisotopic (exact) mass is 379 g/mol. The SMILES string of the molecule is C=Cc1ccc(-n2c3ccccc3c3cc(-c4ccc(Cl)cc4)ccc32)cc1. The highest BCUT2D eigenvalue weighted by Crippen LogP contribution is 2.35. The third-order valence-electron chi connectivity index (χ3n) is 5.24. The van der Waals surface area contributed by atoms with Gasteiger partial charge in [-0.25, -0.2) is 0 Å². The van der Waals surface area contributed by atoms with Crippen LogP contribution in [-0.2, 0) is 0 Å². The van der Waals surface area contributed by atoms with E-state index in [0.29, 0.717) is 0 Å². The molecule has 0 saturated carbocycles. The van der Waals surface area contributed by atoms with E-state index in [1.807, 2.05) is 18.2 Å². The van der Waals surface area contributed by atoms with Gasteiger partial charge in [0, 0.05) is 21.5 Å². The van der Waals surface area contributed by atoms with E-state index in [4.69, 9.17) is 11.6 Å². The van der Waals surface area contributed by atoms with Gasteiger partial charge in [-0.15, -0.1) is 0 Å². The van der Waals surface area contributed by atoms with Crippen LogP contribution in [0.2, 0.25) is 5.02 Å². The van der Waals surface area contributed by atoms with Gasteiger partial charge in [0.1, 0.15) is 0 Å². The molecule has 0 fully saturated rings. The summed E-state index contributed by atoms with van der Waals surface area (Å²) in [5.74, 6) is 0. The molecule has 5 aromatic rings. The fourth-order valence-electron chi connectivity index (χ4n) is 3.83. The minimum absolute atomic E-state index is 0.754. The number of hydrogen-bond donors (Lipinski definition) is 0. The summed E-state index contributed by atoms with van der Waals surface area (Å²) >= 11 is 6.06. The van der Waals surface area contributed by atoms with E-state index in [9.17, 15) is 0 Å². The molecule has 1 nitrogen and oxygen atoms in total. The quantitative estimate of drug-likeness (QED) is 0.302. The van der Waals surface area contributed by atoms with Gasteiger partial charge in [0.05, 0.1) is 11.0 Å². The van der Waals surface area contributed by atoms with E-state index < -0.39 is 0 Å². The Morgan fingerprint density at radius 2 is 1.36 bits per heavy atom. The summed E-state index contributed by atoms with van der Waals surface area (Å²) in [6.07, 6.45) is 1.87. The van der Waals surface area contributed by atoms with Gasteiger partial charge in [0.2, 0.25) is 0 Å². The van der Waals surface area contributed by atoms with Crippen molar-refractivity contribution in [2.45, 2.75) is 0 Å². The van der Waals surface area contributed by atoms with Crippen molar-refractivity contribution in [3.8, 4) is 16.8 Å². The molecule has 0 N–H and O–H groups in total. The fraction of sp³-hybridized carbons (Fsp3) is 0. The van der Waals surface area contributed by atoms with Crippen molar-refractivity contribution in [1.29, 1.82) is 0 Å². The van der Waals surface area contributed by atoms with Gasteiger partial charge in [-0.1, -0.05) is 72.8 Å². The van der Waals surface area contributed by atoms with Gasteiger partial charge < -0.3 is 4.57 Å². The number of nitrogens with zero attached hydrogens (tertiary/aromatic N) is 1. The van der Waals surface area contributed by atoms with Crippen LogP contribution in [0.1, 0.15) is 5.56 Å². The number of rotatable bonds is 3. The van der Waals surface area contributed by atoms with Crippen LogP contribution in [0.25, 0.3) is 44.7 Å². The molecule has 0 unspecified atom stereocenters. The standard InChI is InChI=1S/C26H18ClN/c1-2-18-7-14-22(15-8-18)28-25-6-4-3-5-23(25)24-17-20(11-16-26(24)28)19-9-12-21(27)13-10-19/h2-17H,1H2. The molecule has 134 valence electrons. The van der Waals surface area contributed by atoms with Crippen molar-refractivity contribution in [3.05, 3.63) is 108 Å². The lowest BCUT2D eigenvalue weighted by atomic mass is 10.0. The summed E-state index contributed by atoms with van der Waals surface area (Å²) in [6.45, 7) is 3.85. The first-order chi connectivity index (χ1) is 13.7. The Balaban J connectivity index is 1.78. The molecule has 0 amide bonds. The summed E-state index contributed by atoms with van der Waals surface area (Å²) in [4.78, 5) is 0. The van der Waals surface area contributed by atoms with E-state index in [2.05, 4.69) is 90.0 Å². The molecule has 0 spiro atoms. The van der Waals surface area contributed by atoms with Crippen LogP contribution in [0.3, 0.4) is 0 Å². The molecular formula is C26H18ClN. The van der Waals surface area contributed by atoms with Gasteiger partial charge in [0.25, 0.3) is 0 Å². The molecule has 0 aliphatic carbocycles. The van der Waals surface area contributed by atoms with Gasteiger partial charge in [-0.05, 0) is 59.2 Å². The second kappa shape index (κ2) is 6.70. The van der Waals surface area contributed by atoms with Crippen molar-refractivity contribution in [2.75, 3.05) is 0 Å². The minimum Gasteiger partial charge on any atom is -0.309 e. The number of benzene rings is 4. The van der Waals surface area contributed by atoms with E-state index in [-0.39, 0.29) is 0 Å². The first-order valence-electron chi connectivity index (χ1n) is 9.26. The summed E-state index contributed by atoms with van der Waals surface area (Å²) in [6, 6.07) is 31.7. The van der Waals surface area contributed by atoms with Crippen LogP contribution in [-0.4, -0.2) is 4.57 Å². The van der Waals surface area contributed by atoms with E-state index >= 15 is 0 Å². The summed E-state index contributed by atoms with van der Waals surface area (Å²) in [5.41, 5.74) is 7.03. The molecule has 1 heterocycles. The molecule has 28 heavy (non-hydrogen) atoms. The smallest absolute Gasteiger partial charge is 0.0541 e. The molecule has 0 radical (unpaired) electrons. The average Bonchev–Trinajstić information content (AvgIpc) is 3.08. The van der Waals surface area contributed by atoms with Gasteiger partial charge in [-0.3, -0.25) is 0 Å². The fourth-order valence-corrected chi connectivity index (χ4v) is 3.96. The largest absolute Gasteiger partial charge is 0.309 e. The maximum absolute atomic E-state index is 6.06. The summed E-state index contributed by atoms with van der Waals surface area (Å²) in [7, 11) is 0. The molecule has 4 aromatic carbocycles. The zero-order valence-electron chi connectivity index (χ0n) is 15.3.